The van der Waals surface area contributed by atoms with Gasteiger partial charge in [-0.15, -0.1) is 30.6 Å². The highest BCUT2D eigenvalue weighted by atomic mass is 32.1. The Morgan fingerprint density at radius 2 is 0.704 bits per heavy atom. The molecular formula is C39H33N9O3S3. The van der Waals surface area contributed by atoms with Crippen molar-refractivity contribution in [2.45, 2.75) is 20.8 Å². The molecule has 0 saturated carbocycles. The Kier molecular flexibility index (Phi) is 11.9. The minimum atomic E-state index is 0.527. The van der Waals surface area contributed by atoms with Crippen molar-refractivity contribution in [2.75, 3.05) is 19.8 Å². The molecular weight excluding hydrogens is 739 g/mol. The number of hydrogen-bond donors (Lipinski definition) is 0. The van der Waals surface area contributed by atoms with Crippen molar-refractivity contribution in [1.29, 1.82) is 0 Å². The van der Waals surface area contributed by atoms with Crippen LogP contribution in [0.25, 0.3) is 31.7 Å². The minimum absolute atomic E-state index is 0.527. The van der Waals surface area contributed by atoms with Gasteiger partial charge >= 0.3 is 0 Å². The van der Waals surface area contributed by atoms with Gasteiger partial charge in [0.1, 0.15) is 32.3 Å². The van der Waals surface area contributed by atoms with Gasteiger partial charge in [-0.1, -0.05) is 34.0 Å². The van der Waals surface area contributed by atoms with Crippen molar-refractivity contribution in [1.82, 2.24) is 30.6 Å². The molecule has 12 nitrogen and oxygen atoms in total. The van der Waals surface area contributed by atoms with Crippen LogP contribution in [0.4, 0.5) is 15.4 Å². The predicted molar refractivity (Wildman–Crippen MR) is 218 cm³/mol. The van der Waals surface area contributed by atoms with Crippen LogP contribution in [0.3, 0.4) is 0 Å². The second-order valence-corrected chi connectivity index (χ2v) is 14.1. The Hall–Kier alpha value is -6.03. The zero-order valence-electron chi connectivity index (χ0n) is 29.5. The number of rotatable bonds is 15. The molecule has 270 valence electrons. The molecule has 0 aliphatic heterocycles. The first-order valence-corrected chi connectivity index (χ1v) is 19.5. The molecule has 7 aromatic rings. The fraction of sp³-hybridized carbons (Fsp3) is 0.154. The molecule has 15 heteroatoms. The maximum Gasteiger partial charge on any atom is 0.231 e. The maximum atomic E-state index is 5.56. The number of benzene rings is 4. The van der Waals surface area contributed by atoms with Gasteiger partial charge in [-0.25, -0.2) is 15.0 Å². The highest BCUT2D eigenvalue weighted by Crippen LogP contribution is 2.32. The van der Waals surface area contributed by atoms with Crippen molar-refractivity contribution in [2.24, 2.45) is 15.0 Å². The monoisotopic (exact) mass is 771 g/mol. The van der Waals surface area contributed by atoms with Gasteiger partial charge in [0.05, 0.1) is 19.8 Å². The summed E-state index contributed by atoms with van der Waals surface area (Å²) in [5.41, 5.74) is 5.28. The van der Waals surface area contributed by atoms with E-state index >= 15 is 0 Å². The fourth-order valence-corrected chi connectivity index (χ4v) is 7.14. The second kappa shape index (κ2) is 17.7. The van der Waals surface area contributed by atoms with Crippen molar-refractivity contribution >= 4 is 68.0 Å². The van der Waals surface area contributed by atoms with E-state index < -0.39 is 0 Å². The number of hydrogen-bond acceptors (Lipinski definition) is 15. The lowest BCUT2D eigenvalue weighted by molar-refractivity contribution is 0.340. The van der Waals surface area contributed by atoms with Gasteiger partial charge in [0.15, 0.2) is 0 Å². The van der Waals surface area contributed by atoms with E-state index in [9.17, 15) is 0 Å². The lowest BCUT2D eigenvalue weighted by Gasteiger charge is -2.02. The summed E-state index contributed by atoms with van der Waals surface area (Å²) >= 11 is 4.20. The van der Waals surface area contributed by atoms with E-state index in [4.69, 9.17) is 14.2 Å². The molecule has 0 aliphatic carbocycles. The minimum Gasteiger partial charge on any atom is -0.494 e. The molecule has 0 saturated heterocycles. The fourth-order valence-electron chi connectivity index (χ4n) is 5.05. The third kappa shape index (κ3) is 9.49. The maximum absolute atomic E-state index is 5.56. The summed E-state index contributed by atoms with van der Waals surface area (Å²) in [6.07, 6.45) is 5.25. The standard InChI is InChI=1S/C39H33N9O3S3/c1-4-49-31-13-7-28(8-14-31)34-43-46-37(52-34)40-22-25-19-26(23-41-38-47-44-35(53-38)29-9-15-32(16-10-29)50-5-2)21-27(20-25)24-42-39-48-45-36(54-39)30-11-17-33(18-12-30)51-6-3/h7-24H,4-6H2,1-3H3/b40-22+,41-23+,42-24+. The molecule has 0 fully saturated rings. The van der Waals surface area contributed by atoms with Gasteiger partial charge < -0.3 is 14.2 Å². The summed E-state index contributed by atoms with van der Waals surface area (Å²) in [6, 6.07) is 29.2. The summed E-state index contributed by atoms with van der Waals surface area (Å²) < 4.78 is 16.7. The first-order valence-electron chi connectivity index (χ1n) is 17.0. The van der Waals surface area contributed by atoms with Crippen molar-refractivity contribution in [3.05, 3.63) is 108 Å². The van der Waals surface area contributed by atoms with E-state index in [2.05, 4.69) is 45.6 Å². The van der Waals surface area contributed by atoms with E-state index in [0.29, 0.717) is 35.2 Å². The average Bonchev–Trinajstić information content (AvgIpc) is 3.99. The van der Waals surface area contributed by atoms with Gasteiger partial charge in [0.2, 0.25) is 15.4 Å². The molecule has 54 heavy (non-hydrogen) atoms. The third-order valence-corrected chi connectivity index (χ3v) is 10.1. The zero-order chi connectivity index (χ0) is 37.1. The molecule has 4 aromatic carbocycles. The van der Waals surface area contributed by atoms with Crippen LogP contribution in [0.15, 0.2) is 106 Å². The molecule has 7 rings (SSSR count). The number of nitrogens with zero attached hydrogens (tertiary/aromatic N) is 9. The van der Waals surface area contributed by atoms with Crippen LogP contribution in [-0.4, -0.2) is 69.1 Å². The molecule has 0 atom stereocenters. The van der Waals surface area contributed by atoms with E-state index in [1.807, 2.05) is 112 Å². The summed E-state index contributed by atoms with van der Waals surface area (Å²) in [5, 5.41) is 29.8. The van der Waals surface area contributed by atoms with Gasteiger partial charge in [0.25, 0.3) is 0 Å². The third-order valence-electron chi connectivity index (χ3n) is 7.45. The van der Waals surface area contributed by atoms with Crippen LogP contribution >= 0.6 is 34.0 Å². The van der Waals surface area contributed by atoms with Gasteiger partial charge in [0, 0.05) is 35.3 Å². The topological polar surface area (TPSA) is 142 Å². The number of aromatic nitrogens is 6. The summed E-state index contributed by atoms with van der Waals surface area (Å²) in [7, 11) is 0. The van der Waals surface area contributed by atoms with Gasteiger partial charge in [-0.05, 0) is 128 Å². The number of aliphatic imine (C=N–C) groups is 3. The Balaban J connectivity index is 1.12. The quantitative estimate of drug-likeness (QED) is 0.0931. The van der Waals surface area contributed by atoms with Crippen LogP contribution < -0.4 is 14.2 Å². The second-order valence-electron chi connectivity index (χ2n) is 11.2. The van der Waals surface area contributed by atoms with Crippen molar-refractivity contribution in [3.63, 3.8) is 0 Å². The molecule has 0 aliphatic rings. The Morgan fingerprint density at radius 3 is 0.963 bits per heavy atom. The predicted octanol–water partition coefficient (Wildman–Crippen LogP) is 9.69. The van der Waals surface area contributed by atoms with Crippen LogP contribution in [0, 0.1) is 0 Å². The largest absolute Gasteiger partial charge is 0.494 e. The molecule has 0 amide bonds. The molecule has 0 unspecified atom stereocenters. The SMILES string of the molecule is CCOc1ccc(-c2nnc(/N=C/c3cc(/C=N/c4nnc(-c5ccc(OCC)cc5)s4)cc(/C=N/c4nnc(-c5ccc(OCC)cc5)s4)c3)s2)cc1. The summed E-state index contributed by atoms with van der Waals surface area (Å²) in [4.78, 5) is 13.9. The van der Waals surface area contributed by atoms with Crippen LogP contribution in [-0.2, 0) is 0 Å². The van der Waals surface area contributed by atoms with E-state index in [1.165, 1.54) is 34.0 Å². The molecule has 0 radical (unpaired) electrons. The highest BCUT2D eigenvalue weighted by Gasteiger charge is 2.10. The first-order chi connectivity index (χ1) is 26.5. The highest BCUT2D eigenvalue weighted by molar-refractivity contribution is 7.18. The molecule has 0 N–H and O–H groups in total. The van der Waals surface area contributed by atoms with Crippen LogP contribution in [0.1, 0.15) is 37.5 Å². The zero-order valence-corrected chi connectivity index (χ0v) is 31.9. The summed E-state index contributed by atoms with van der Waals surface area (Å²) in [6.45, 7) is 7.70. The molecule has 3 heterocycles. The number of ether oxygens (including phenoxy) is 3. The Morgan fingerprint density at radius 1 is 0.426 bits per heavy atom. The van der Waals surface area contributed by atoms with E-state index in [-0.39, 0.29) is 0 Å². The lowest BCUT2D eigenvalue weighted by atomic mass is 10.1. The molecule has 0 spiro atoms. The van der Waals surface area contributed by atoms with Crippen molar-refractivity contribution in [3.8, 4) is 49.0 Å². The van der Waals surface area contributed by atoms with Crippen molar-refractivity contribution < 1.29 is 14.2 Å². The molecule has 3 aromatic heterocycles. The summed E-state index contributed by atoms with van der Waals surface area (Å²) in [5.74, 6) is 2.43. The average molecular weight is 772 g/mol. The van der Waals surface area contributed by atoms with E-state index in [1.54, 1.807) is 18.6 Å². The van der Waals surface area contributed by atoms with Gasteiger partial charge in [-0.2, -0.15) is 0 Å². The smallest absolute Gasteiger partial charge is 0.231 e. The van der Waals surface area contributed by atoms with Crippen LogP contribution in [0.5, 0.6) is 17.2 Å². The normalized spacial score (nSPS) is 11.6. The lowest BCUT2D eigenvalue weighted by Crippen LogP contribution is -1.92. The van der Waals surface area contributed by atoms with E-state index in [0.717, 1.165) is 65.7 Å². The Labute approximate surface area is 323 Å². The Bertz CT molecular complexity index is 2110. The first kappa shape index (κ1) is 36.3. The van der Waals surface area contributed by atoms with Crippen LogP contribution in [0.2, 0.25) is 0 Å². The molecule has 0 bridgehead atoms. The van der Waals surface area contributed by atoms with Gasteiger partial charge in [-0.3, -0.25) is 0 Å².